The van der Waals surface area contributed by atoms with E-state index in [0.717, 1.165) is 17.6 Å². The van der Waals surface area contributed by atoms with Crippen molar-refractivity contribution in [1.82, 2.24) is 14.4 Å². The largest absolute Gasteiger partial charge is 0.476 e. The van der Waals surface area contributed by atoms with E-state index in [9.17, 15) is 4.79 Å². The van der Waals surface area contributed by atoms with Crippen LogP contribution in [0.2, 0.25) is 0 Å². The number of oxazole rings is 1. The minimum atomic E-state index is -1.09. The van der Waals surface area contributed by atoms with Gasteiger partial charge in [0.2, 0.25) is 5.89 Å². The maximum Gasteiger partial charge on any atom is 0.357 e. The van der Waals surface area contributed by atoms with Crippen molar-refractivity contribution in [3.05, 3.63) is 53.6 Å². The molecule has 21 heavy (non-hydrogen) atoms. The average Bonchev–Trinajstić information content (AvgIpc) is 3.07. The predicted molar refractivity (Wildman–Crippen MR) is 73.4 cm³/mol. The Morgan fingerprint density at radius 3 is 2.90 bits per heavy atom. The number of fused-ring (bicyclic) bond motifs is 1. The van der Waals surface area contributed by atoms with Gasteiger partial charge >= 0.3 is 5.97 Å². The van der Waals surface area contributed by atoms with Crippen LogP contribution in [0, 0.1) is 0 Å². The normalized spacial score (nSPS) is 14.7. The van der Waals surface area contributed by atoms with Crippen molar-refractivity contribution in [2.75, 3.05) is 0 Å². The highest BCUT2D eigenvalue weighted by Crippen LogP contribution is 2.39. The highest BCUT2D eigenvalue weighted by Gasteiger charge is 2.23. The molecule has 0 saturated heterocycles. The minimum absolute atomic E-state index is 0.0789. The molecule has 6 heteroatoms. The van der Waals surface area contributed by atoms with Crippen LogP contribution in [0.5, 0.6) is 0 Å². The number of hydrogen-bond donors (Lipinski definition) is 1. The molecule has 0 spiro atoms. The van der Waals surface area contributed by atoms with Gasteiger partial charge in [0.05, 0.1) is 12.1 Å². The summed E-state index contributed by atoms with van der Waals surface area (Å²) in [6.45, 7) is 0. The number of imidazole rings is 1. The van der Waals surface area contributed by atoms with Crippen LogP contribution in [0.25, 0.3) is 5.65 Å². The fourth-order valence-corrected chi connectivity index (χ4v) is 2.45. The Morgan fingerprint density at radius 2 is 2.19 bits per heavy atom. The van der Waals surface area contributed by atoms with Gasteiger partial charge in [-0.1, -0.05) is 6.07 Å². The molecule has 0 atom stereocenters. The van der Waals surface area contributed by atoms with E-state index in [0.29, 0.717) is 18.2 Å². The molecule has 3 aromatic heterocycles. The third-order valence-electron chi connectivity index (χ3n) is 3.68. The van der Waals surface area contributed by atoms with Gasteiger partial charge in [0.1, 0.15) is 11.9 Å². The molecular formula is C15H13N3O3. The number of rotatable bonds is 4. The first-order chi connectivity index (χ1) is 10.2. The lowest BCUT2D eigenvalue weighted by atomic mass is 10.2. The molecule has 0 aliphatic heterocycles. The van der Waals surface area contributed by atoms with Crippen molar-refractivity contribution >= 4 is 11.6 Å². The van der Waals surface area contributed by atoms with Gasteiger partial charge in [0.25, 0.3) is 0 Å². The Morgan fingerprint density at radius 1 is 1.33 bits per heavy atom. The summed E-state index contributed by atoms with van der Waals surface area (Å²) in [5.74, 6) is -0.0302. The van der Waals surface area contributed by atoms with Crippen LogP contribution >= 0.6 is 0 Å². The highest BCUT2D eigenvalue weighted by atomic mass is 16.4. The summed E-state index contributed by atoms with van der Waals surface area (Å²) in [6.07, 6.45) is 8.11. The van der Waals surface area contributed by atoms with Crippen molar-refractivity contribution in [3.8, 4) is 0 Å². The third kappa shape index (κ3) is 2.29. The first kappa shape index (κ1) is 12.1. The molecule has 4 rings (SSSR count). The second-order valence-electron chi connectivity index (χ2n) is 5.34. The molecule has 1 fully saturated rings. The van der Waals surface area contributed by atoms with Crippen LogP contribution in [-0.2, 0) is 6.42 Å². The lowest BCUT2D eigenvalue weighted by Crippen LogP contribution is -1.97. The van der Waals surface area contributed by atoms with E-state index in [1.54, 1.807) is 0 Å². The minimum Gasteiger partial charge on any atom is -0.476 e. The van der Waals surface area contributed by atoms with Gasteiger partial charge in [-0.2, -0.15) is 0 Å². The van der Waals surface area contributed by atoms with Crippen LogP contribution in [0.3, 0.4) is 0 Å². The third-order valence-corrected chi connectivity index (χ3v) is 3.68. The first-order valence-electron chi connectivity index (χ1n) is 6.84. The van der Waals surface area contributed by atoms with Crippen LogP contribution in [0.15, 0.2) is 35.2 Å². The number of hydrogen-bond acceptors (Lipinski definition) is 4. The molecule has 106 valence electrons. The van der Waals surface area contributed by atoms with Gasteiger partial charge in [0, 0.05) is 12.4 Å². The summed E-state index contributed by atoms with van der Waals surface area (Å²) < 4.78 is 7.16. The molecule has 0 bridgehead atoms. The molecule has 1 N–H and O–H groups in total. The summed E-state index contributed by atoms with van der Waals surface area (Å²) in [6, 6.07) is 4.13. The van der Waals surface area contributed by atoms with E-state index < -0.39 is 5.97 Å². The summed E-state index contributed by atoms with van der Waals surface area (Å²) >= 11 is 0. The second kappa shape index (κ2) is 4.44. The quantitative estimate of drug-likeness (QED) is 0.795. The maximum absolute atomic E-state index is 10.8. The van der Waals surface area contributed by atoms with Gasteiger partial charge in [-0.15, -0.1) is 0 Å². The molecule has 3 heterocycles. The number of carboxylic acid groups (broad SMARTS) is 1. The van der Waals surface area contributed by atoms with Gasteiger partial charge in [-0.05, 0) is 30.4 Å². The molecule has 0 radical (unpaired) electrons. The SMILES string of the molecule is O=C(O)c1coc(Cc2cn3cc(C4CC4)ccc3n2)n1. The smallest absolute Gasteiger partial charge is 0.357 e. The summed E-state index contributed by atoms with van der Waals surface area (Å²) in [4.78, 5) is 19.2. The number of carbonyl (C=O) groups is 1. The summed E-state index contributed by atoms with van der Waals surface area (Å²) in [5, 5.41) is 8.82. The van der Waals surface area contributed by atoms with Crippen molar-refractivity contribution in [2.24, 2.45) is 0 Å². The van der Waals surface area contributed by atoms with E-state index in [4.69, 9.17) is 9.52 Å². The van der Waals surface area contributed by atoms with E-state index in [-0.39, 0.29) is 5.69 Å². The van der Waals surface area contributed by atoms with Crippen LogP contribution in [0.1, 0.15) is 46.4 Å². The Kier molecular flexibility index (Phi) is 2.57. The van der Waals surface area contributed by atoms with Crippen molar-refractivity contribution < 1.29 is 14.3 Å². The van der Waals surface area contributed by atoms with E-state index in [1.807, 2.05) is 16.7 Å². The Hall–Kier alpha value is -2.63. The number of carboxylic acids is 1. The van der Waals surface area contributed by atoms with Crippen LogP contribution in [-0.4, -0.2) is 25.4 Å². The maximum atomic E-state index is 10.8. The predicted octanol–water partition coefficient (Wildman–Crippen LogP) is 2.49. The molecular weight excluding hydrogens is 270 g/mol. The summed E-state index contributed by atoms with van der Waals surface area (Å²) in [7, 11) is 0. The van der Waals surface area contributed by atoms with E-state index >= 15 is 0 Å². The Balaban J connectivity index is 1.61. The summed E-state index contributed by atoms with van der Waals surface area (Å²) in [5.41, 5.74) is 2.95. The van der Waals surface area contributed by atoms with Gasteiger partial charge in [-0.25, -0.2) is 14.8 Å². The monoisotopic (exact) mass is 283 g/mol. The van der Waals surface area contributed by atoms with Crippen molar-refractivity contribution in [1.29, 1.82) is 0 Å². The van der Waals surface area contributed by atoms with Gasteiger partial charge in [-0.3, -0.25) is 0 Å². The van der Waals surface area contributed by atoms with Crippen molar-refractivity contribution in [2.45, 2.75) is 25.2 Å². The molecule has 6 nitrogen and oxygen atoms in total. The fraction of sp³-hybridized carbons (Fsp3) is 0.267. The Bertz CT molecular complexity index is 830. The van der Waals surface area contributed by atoms with Crippen LogP contribution in [0.4, 0.5) is 0 Å². The number of pyridine rings is 1. The lowest BCUT2D eigenvalue weighted by Gasteiger charge is -1.98. The standard InChI is InChI=1S/C15H13N3O3/c19-15(20)12-8-21-14(17-12)5-11-7-18-6-10(9-1-2-9)3-4-13(18)16-11/h3-4,6-9H,1-2,5H2,(H,19,20). The zero-order valence-corrected chi connectivity index (χ0v) is 11.2. The van der Waals surface area contributed by atoms with Gasteiger partial charge in [0.15, 0.2) is 5.69 Å². The highest BCUT2D eigenvalue weighted by molar-refractivity contribution is 5.84. The van der Waals surface area contributed by atoms with E-state index in [2.05, 4.69) is 22.2 Å². The van der Waals surface area contributed by atoms with Crippen LogP contribution < -0.4 is 0 Å². The lowest BCUT2D eigenvalue weighted by molar-refractivity contribution is 0.0690. The molecule has 0 amide bonds. The zero-order valence-electron chi connectivity index (χ0n) is 11.2. The molecule has 0 aromatic carbocycles. The molecule has 1 aliphatic carbocycles. The number of aromatic carboxylic acids is 1. The average molecular weight is 283 g/mol. The van der Waals surface area contributed by atoms with E-state index in [1.165, 1.54) is 18.4 Å². The van der Waals surface area contributed by atoms with Gasteiger partial charge < -0.3 is 13.9 Å². The zero-order chi connectivity index (χ0) is 14.4. The van der Waals surface area contributed by atoms with Crippen molar-refractivity contribution in [3.63, 3.8) is 0 Å². The molecule has 1 saturated carbocycles. The number of aromatic nitrogens is 3. The Labute approximate surface area is 120 Å². The topological polar surface area (TPSA) is 80.6 Å². The first-order valence-corrected chi connectivity index (χ1v) is 6.84. The molecule has 3 aromatic rings. The second-order valence-corrected chi connectivity index (χ2v) is 5.34. The molecule has 0 unspecified atom stereocenters. The molecule has 1 aliphatic rings. The number of nitrogens with zero attached hydrogens (tertiary/aromatic N) is 3. The fourth-order valence-electron chi connectivity index (χ4n) is 2.45.